The first-order chi connectivity index (χ1) is 21.0. The summed E-state index contributed by atoms with van der Waals surface area (Å²) < 4.78 is 0. The number of hydrogen-bond donors (Lipinski definition) is 4. The van der Waals surface area contributed by atoms with Gasteiger partial charge < -0.3 is 21.7 Å². The van der Waals surface area contributed by atoms with Crippen molar-refractivity contribution in [1.29, 1.82) is 0 Å². The third-order valence-corrected chi connectivity index (χ3v) is 6.29. The normalized spacial score (nSPS) is 9.84. The van der Waals surface area contributed by atoms with E-state index in [1.807, 2.05) is 110 Å². The number of aromatic nitrogens is 4. The summed E-state index contributed by atoms with van der Waals surface area (Å²) in [6.45, 7) is 4.05. The molecule has 8 nitrogen and oxygen atoms in total. The second-order valence-corrected chi connectivity index (χ2v) is 9.59. The summed E-state index contributed by atoms with van der Waals surface area (Å²) >= 11 is 5.84. The third kappa shape index (κ3) is 9.84. The van der Waals surface area contributed by atoms with E-state index in [9.17, 15) is 0 Å². The number of nitrogens with one attached hydrogen (secondary N) is 3. The van der Waals surface area contributed by atoms with Gasteiger partial charge in [0.2, 0.25) is 0 Å². The number of para-hydroxylation sites is 4. The molecule has 43 heavy (non-hydrogen) atoms. The number of nitrogen functional groups attached to an aromatic ring is 1. The molecule has 0 aliphatic rings. The minimum Gasteiger partial charge on any atom is -0.399 e. The van der Waals surface area contributed by atoms with E-state index in [4.69, 9.17) is 17.3 Å². The molecule has 216 valence electrons. The molecule has 0 atom stereocenters. The summed E-state index contributed by atoms with van der Waals surface area (Å²) in [5.74, 6) is 1.97. The van der Waals surface area contributed by atoms with Crippen molar-refractivity contribution < 1.29 is 0 Å². The number of rotatable bonds is 6. The van der Waals surface area contributed by atoms with Crippen molar-refractivity contribution in [2.75, 3.05) is 21.7 Å². The molecule has 0 aliphatic heterocycles. The monoisotopic (exact) mass is 588 g/mol. The lowest BCUT2D eigenvalue weighted by Gasteiger charge is -2.13. The predicted octanol–water partition coefficient (Wildman–Crippen LogP) is 8.72. The zero-order valence-electron chi connectivity index (χ0n) is 23.9. The number of anilines is 7. The molecule has 9 heteroatoms. The molecular formula is C34H33ClN8. The van der Waals surface area contributed by atoms with Crippen molar-refractivity contribution >= 4 is 51.8 Å². The fourth-order valence-electron chi connectivity index (χ4n) is 3.67. The number of aryl methyl sites for hydroxylation is 2. The average molecular weight is 589 g/mol. The maximum Gasteiger partial charge on any atom is 0.173 e. The molecule has 0 saturated carbocycles. The van der Waals surface area contributed by atoms with Crippen LogP contribution in [0.15, 0.2) is 134 Å². The van der Waals surface area contributed by atoms with E-state index in [2.05, 4.69) is 48.9 Å². The molecule has 0 bridgehead atoms. The van der Waals surface area contributed by atoms with Gasteiger partial charge >= 0.3 is 0 Å². The van der Waals surface area contributed by atoms with Gasteiger partial charge in [-0.25, -0.2) is 19.9 Å². The van der Waals surface area contributed by atoms with Gasteiger partial charge in [-0.15, -0.1) is 0 Å². The maximum absolute atomic E-state index is 5.84. The van der Waals surface area contributed by atoms with E-state index in [1.165, 1.54) is 0 Å². The van der Waals surface area contributed by atoms with Gasteiger partial charge in [-0.05, 0) is 61.4 Å². The minimum atomic E-state index is 0.372. The molecule has 0 unspecified atom stereocenters. The number of nitrogens with zero attached hydrogens (tertiary/aromatic N) is 4. The zero-order chi connectivity index (χ0) is 30.3. The fraction of sp³-hybridized carbons (Fsp3) is 0.0588. The van der Waals surface area contributed by atoms with Crippen LogP contribution >= 0.6 is 11.6 Å². The second kappa shape index (κ2) is 16.1. The molecule has 0 amide bonds. The first-order valence-electron chi connectivity index (χ1n) is 13.5. The van der Waals surface area contributed by atoms with E-state index in [0.29, 0.717) is 22.6 Å². The summed E-state index contributed by atoms with van der Waals surface area (Å²) in [6.07, 6.45) is 6.50. The van der Waals surface area contributed by atoms with Gasteiger partial charge in [0.25, 0.3) is 0 Å². The standard InChI is InChI=1S/C17H16N4.C10H8ClN3.C7H9N/c1-13-7-5-6-10-15(13)21-17-16(18-11-12-19-17)20-14-8-3-2-4-9-14;11-9-10(13-7-6-12-9)14-8-4-2-1-3-5-8;1-6-4-2-3-5-7(6)8/h2-12H,1H3,(H,18,20)(H,19,21);1-7H,(H,13,14);2-5H,8H2,1H3. The highest BCUT2D eigenvalue weighted by Gasteiger charge is 2.07. The van der Waals surface area contributed by atoms with Crippen LogP contribution in [0.1, 0.15) is 11.1 Å². The molecule has 6 rings (SSSR count). The molecule has 0 spiro atoms. The Morgan fingerprint density at radius 2 is 0.930 bits per heavy atom. The van der Waals surface area contributed by atoms with Gasteiger partial charge in [0.15, 0.2) is 22.6 Å². The summed E-state index contributed by atoms with van der Waals surface area (Å²) in [4.78, 5) is 16.7. The summed E-state index contributed by atoms with van der Waals surface area (Å²) in [6, 6.07) is 35.5. The molecule has 0 aliphatic carbocycles. The number of benzene rings is 4. The van der Waals surface area contributed by atoms with E-state index in [0.717, 1.165) is 33.9 Å². The predicted molar refractivity (Wildman–Crippen MR) is 179 cm³/mol. The van der Waals surface area contributed by atoms with Crippen LogP contribution in [0.3, 0.4) is 0 Å². The Labute approximate surface area is 257 Å². The Balaban J connectivity index is 0.000000165. The largest absolute Gasteiger partial charge is 0.399 e. The van der Waals surface area contributed by atoms with Crippen molar-refractivity contribution in [3.63, 3.8) is 0 Å². The van der Waals surface area contributed by atoms with E-state index < -0.39 is 0 Å². The van der Waals surface area contributed by atoms with E-state index >= 15 is 0 Å². The lowest BCUT2D eigenvalue weighted by atomic mass is 10.2. The highest BCUT2D eigenvalue weighted by atomic mass is 35.5. The van der Waals surface area contributed by atoms with Crippen LogP contribution in [0.4, 0.5) is 40.2 Å². The number of hydrogen-bond acceptors (Lipinski definition) is 8. The highest BCUT2D eigenvalue weighted by Crippen LogP contribution is 2.25. The minimum absolute atomic E-state index is 0.372. The summed E-state index contributed by atoms with van der Waals surface area (Å²) in [5.41, 5.74) is 11.6. The molecular weight excluding hydrogens is 556 g/mol. The van der Waals surface area contributed by atoms with Crippen LogP contribution in [-0.2, 0) is 0 Å². The molecule has 5 N–H and O–H groups in total. The van der Waals surface area contributed by atoms with Crippen LogP contribution in [0.5, 0.6) is 0 Å². The van der Waals surface area contributed by atoms with E-state index in [-0.39, 0.29) is 0 Å². The van der Waals surface area contributed by atoms with Crippen molar-refractivity contribution in [1.82, 2.24) is 19.9 Å². The summed E-state index contributed by atoms with van der Waals surface area (Å²) in [5, 5.41) is 10.0. The Kier molecular flexibility index (Phi) is 11.4. The molecule has 0 radical (unpaired) electrons. The average Bonchev–Trinajstić information content (AvgIpc) is 3.04. The van der Waals surface area contributed by atoms with Crippen molar-refractivity contribution in [2.24, 2.45) is 0 Å². The highest BCUT2D eigenvalue weighted by molar-refractivity contribution is 6.31. The third-order valence-electron chi connectivity index (χ3n) is 6.01. The lowest BCUT2D eigenvalue weighted by molar-refractivity contribution is 1.19. The Hall–Kier alpha value is -5.47. The van der Waals surface area contributed by atoms with E-state index in [1.54, 1.807) is 24.8 Å². The first kappa shape index (κ1) is 30.5. The summed E-state index contributed by atoms with van der Waals surface area (Å²) in [7, 11) is 0. The van der Waals surface area contributed by atoms with Gasteiger partial charge in [0, 0.05) is 47.5 Å². The maximum atomic E-state index is 5.84. The quantitative estimate of drug-likeness (QED) is 0.143. The van der Waals surface area contributed by atoms with Crippen molar-refractivity contribution in [3.8, 4) is 0 Å². The van der Waals surface area contributed by atoms with Gasteiger partial charge in [-0.1, -0.05) is 84.4 Å². The van der Waals surface area contributed by atoms with Gasteiger partial charge in [-0.3, -0.25) is 0 Å². The Bertz CT molecular complexity index is 1680. The van der Waals surface area contributed by atoms with Crippen LogP contribution in [0.25, 0.3) is 0 Å². The Morgan fingerprint density at radius 1 is 0.488 bits per heavy atom. The van der Waals surface area contributed by atoms with Gasteiger partial charge in [-0.2, -0.15) is 0 Å². The Morgan fingerprint density at radius 3 is 1.44 bits per heavy atom. The zero-order valence-corrected chi connectivity index (χ0v) is 24.7. The number of nitrogens with two attached hydrogens (primary N) is 1. The van der Waals surface area contributed by atoms with Crippen molar-refractivity contribution in [3.05, 3.63) is 150 Å². The fourth-order valence-corrected chi connectivity index (χ4v) is 3.82. The molecule has 2 heterocycles. The molecule has 0 saturated heterocycles. The van der Waals surface area contributed by atoms with Crippen LogP contribution in [0.2, 0.25) is 5.15 Å². The molecule has 6 aromatic rings. The van der Waals surface area contributed by atoms with Crippen LogP contribution < -0.4 is 21.7 Å². The number of halogens is 1. The van der Waals surface area contributed by atoms with Gasteiger partial charge in [0.1, 0.15) is 0 Å². The lowest BCUT2D eigenvalue weighted by Crippen LogP contribution is -2.02. The molecule has 0 fully saturated rings. The second-order valence-electron chi connectivity index (χ2n) is 9.23. The van der Waals surface area contributed by atoms with Crippen molar-refractivity contribution in [2.45, 2.75) is 13.8 Å². The van der Waals surface area contributed by atoms with Crippen LogP contribution in [-0.4, -0.2) is 19.9 Å². The van der Waals surface area contributed by atoms with Crippen LogP contribution in [0, 0.1) is 13.8 Å². The molecule has 4 aromatic carbocycles. The first-order valence-corrected chi connectivity index (χ1v) is 13.9. The smallest absolute Gasteiger partial charge is 0.173 e. The molecule has 2 aromatic heterocycles. The topological polar surface area (TPSA) is 114 Å². The SMILES string of the molecule is Cc1ccccc1N.Cc1ccccc1Nc1nccnc1Nc1ccccc1.Clc1nccnc1Nc1ccccc1. The van der Waals surface area contributed by atoms with Gasteiger partial charge in [0.05, 0.1) is 0 Å².